The smallest absolute Gasteiger partial charge is 0.310 e. The minimum atomic E-state index is -0.683. The van der Waals surface area contributed by atoms with Gasteiger partial charge in [0, 0.05) is 18.0 Å². The minimum absolute atomic E-state index is 0.576. The Kier molecular flexibility index (Phi) is 3.23. The van der Waals surface area contributed by atoms with Crippen molar-refractivity contribution in [2.45, 2.75) is 33.7 Å². The van der Waals surface area contributed by atoms with Crippen LogP contribution in [0.3, 0.4) is 0 Å². The summed E-state index contributed by atoms with van der Waals surface area (Å²) in [4.78, 5) is 19.0. The number of rotatable bonds is 3. The summed E-state index contributed by atoms with van der Waals surface area (Å²) >= 11 is 1.71. The van der Waals surface area contributed by atoms with Gasteiger partial charge in [-0.05, 0) is 33.7 Å². The molecule has 2 heterocycles. The van der Waals surface area contributed by atoms with Gasteiger partial charge in [0.05, 0.1) is 16.1 Å². The highest BCUT2D eigenvalue weighted by atomic mass is 32.1. The van der Waals surface area contributed by atoms with Crippen LogP contribution in [0.25, 0.3) is 0 Å². The molecule has 0 amide bonds. The molecule has 0 aromatic carbocycles. The van der Waals surface area contributed by atoms with Crippen molar-refractivity contribution in [3.05, 3.63) is 15.6 Å². The Bertz CT molecular complexity index is 444. The Morgan fingerprint density at radius 3 is 2.76 bits per heavy atom. The molecule has 1 saturated heterocycles. The van der Waals surface area contributed by atoms with Gasteiger partial charge in [0.15, 0.2) is 0 Å². The van der Waals surface area contributed by atoms with Gasteiger partial charge in [0.1, 0.15) is 0 Å². The highest BCUT2D eigenvalue weighted by Gasteiger charge is 2.40. The Labute approximate surface area is 105 Å². The van der Waals surface area contributed by atoms with Crippen LogP contribution in [0.15, 0.2) is 0 Å². The average molecular weight is 254 g/mol. The van der Waals surface area contributed by atoms with E-state index < -0.39 is 11.4 Å². The maximum Gasteiger partial charge on any atom is 0.310 e. The predicted octanol–water partition coefficient (Wildman–Crippen LogP) is 2.06. The first-order valence-corrected chi connectivity index (χ1v) is 6.61. The third-order valence-corrected chi connectivity index (χ3v) is 4.49. The Morgan fingerprint density at radius 1 is 1.59 bits per heavy atom. The molecule has 2 rings (SSSR count). The maximum atomic E-state index is 11.2. The number of nitrogens with zero attached hydrogens (tertiary/aromatic N) is 2. The van der Waals surface area contributed by atoms with Gasteiger partial charge in [0.2, 0.25) is 0 Å². The average Bonchev–Trinajstić information content (AvgIpc) is 2.73. The van der Waals surface area contributed by atoms with Crippen LogP contribution in [-0.4, -0.2) is 34.0 Å². The highest BCUT2D eigenvalue weighted by molar-refractivity contribution is 7.11. The summed E-state index contributed by atoms with van der Waals surface area (Å²) in [7, 11) is 0. The van der Waals surface area contributed by atoms with Crippen LogP contribution < -0.4 is 0 Å². The molecular weight excluding hydrogens is 236 g/mol. The first-order valence-electron chi connectivity index (χ1n) is 5.79. The number of aryl methyl sites for hydroxylation is 2. The Balaban J connectivity index is 2.03. The third kappa shape index (κ3) is 2.50. The molecule has 94 valence electrons. The van der Waals surface area contributed by atoms with Gasteiger partial charge in [-0.1, -0.05) is 0 Å². The zero-order chi connectivity index (χ0) is 12.6. The summed E-state index contributed by atoms with van der Waals surface area (Å²) in [5.41, 5.74) is 0.504. The SMILES string of the molecule is Cc1nc(C)c(CN2CCC(C)(C(=O)O)C2)s1. The summed E-state index contributed by atoms with van der Waals surface area (Å²) in [6.07, 6.45) is 0.735. The van der Waals surface area contributed by atoms with Crippen molar-refractivity contribution in [1.29, 1.82) is 0 Å². The van der Waals surface area contributed by atoms with Crippen LogP contribution >= 0.6 is 11.3 Å². The first kappa shape index (κ1) is 12.5. The fourth-order valence-corrected chi connectivity index (χ4v) is 3.27. The number of carbonyl (C=O) groups is 1. The molecule has 0 spiro atoms. The lowest BCUT2D eigenvalue weighted by atomic mass is 9.90. The number of aliphatic carboxylic acids is 1. The number of aromatic nitrogens is 1. The number of hydrogen-bond donors (Lipinski definition) is 1. The quantitative estimate of drug-likeness (QED) is 0.897. The molecule has 1 N–H and O–H groups in total. The van der Waals surface area contributed by atoms with Crippen LogP contribution in [0.2, 0.25) is 0 Å². The Hall–Kier alpha value is -0.940. The monoisotopic (exact) mass is 254 g/mol. The van der Waals surface area contributed by atoms with Gasteiger partial charge in [-0.2, -0.15) is 0 Å². The van der Waals surface area contributed by atoms with Crippen molar-refractivity contribution in [1.82, 2.24) is 9.88 Å². The summed E-state index contributed by atoms with van der Waals surface area (Å²) in [5, 5.41) is 10.3. The van der Waals surface area contributed by atoms with E-state index in [1.807, 2.05) is 20.8 Å². The topological polar surface area (TPSA) is 53.4 Å². The van der Waals surface area contributed by atoms with Crippen molar-refractivity contribution in [3.63, 3.8) is 0 Å². The molecule has 5 heteroatoms. The van der Waals surface area contributed by atoms with Crippen LogP contribution in [-0.2, 0) is 11.3 Å². The minimum Gasteiger partial charge on any atom is -0.481 e. The predicted molar refractivity (Wildman–Crippen MR) is 67.2 cm³/mol. The molecule has 0 radical (unpaired) electrons. The lowest BCUT2D eigenvalue weighted by molar-refractivity contribution is -0.147. The normalized spacial score (nSPS) is 25.4. The zero-order valence-corrected chi connectivity index (χ0v) is 11.3. The van der Waals surface area contributed by atoms with Crippen LogP contribution in [0.1, 0.15) is 28.9 Å². The van der Waals surface area contributed by atoms with Gasteiger partial charge < -0.3 is 5.11 Å². The van der Waals surface area contributed by atoms with Gasteiger partial charge in [-0.15, -0.1) is 11.3 Å². The highest BCUT2D eigenvalue weighted by Crippen LogP contribution is 2.32. The summed E-state index contributed by atoms with van der Waals surface area (Å²) in [5.74, 6) is -0.683. The van der Waals surface area contributed by atoms with Crippen LogP contribution in [0, 0.1) is 19.3 Å². The second kappa shape index (κ2) is 4.38. The fourth-order valence-electron chi connectivity index (χ4n) is 2.29. The van der Waals surface area contributed by atoms with E-state index in [0.717, 1.165) is 30.2 Å². The standard InChI is InChI=1S/C12H18N2O2S/c1-8-10(17-9(2)13-8)6-14-5-4-12(3,7-14)11(15)16/h4-7H2,1-3H3,(H,15,16). The van der Waals surface area contributed by atoms with E-state index in [-0.39, 0.29) is 0 Å². The number of hydrogen-bond acceptors (Lipinski definition) is 4. The van der Waals surface area contributed by atoms with Crippen molar-refractivity contribution in [3.8, 4) is 0 Å². The summed E-state index contributed by atoms with van der Waals surface area (Å²) in [6.45, 7) is 8.19. The van der Waals surface area contributed by atoms with Crippen LogP contribution in [0.4, 0.5) is 0 Å². The van der Waals surface area contributed by atoms with E-state index in [1.54, 1.807) is 11.3 Å². The summed E-state index contributed by atoms with van der Waals surface area (Å²) in [6, 6.07) is 0. The van der Waals surface area contributed by atoms with Crippen molar-refractivity contribution in [2.75, 3.05) is 13.1 Å². The molecule has 1 atom stereocenters. The summed E-state index contributed by atoms with van der Waals surface area (Å²) < 4.78 is 0. The largest absolute Gasteiger partial charge is 0.481 e. The molecule has 1 aliphatic heterocycles. The lowest BCUT2D eigenvalue weighted by Gasteiger charge is -2.19. The second-order valence-electron chi connectivity index (χ2n) is 5.07. The lowest BCUT2D eigenvalue weighted by Crippen LogP contribution is -2.31. The van der Waals surface area contributed by atoms with Gasteiger partial charge in [-0.25, -0.2) is 4.98 Å². The van der Waals surface area contributed by atoms with E-state index in [4.69, 9.17) is 0 Å². The van der Waals surface area contributed by atoms with E-state index in [2.05, 4.69) is 9.88 Å². The molecular formula is C12H18N2O2S. The molecule has 4 nitrogen and oxygen atoms in total. The number of likely N-dealkylation sites (tertiary alicyclic amines) is 1. The van der Waals surface area contributed by atoms with E-state index in [1.165, 1.54) is 4.88 Å². The number of carboxylic acids is 1. The molecule has 0 saturated carbocycles. The molecule has 1 aromatic heterocycles. The first-order chi connectivity index (χ1) is 7.90. The molecule has 17 heavy (non-hydrogen) atoms. The fraction of sp³-hybridized carbons (Fsp3) is 0.667. The van der Waals surface area contributed by atoms with Gasteiger partial charge in [-0.3, -0.25) is 9.69 Å². The van der Waals surface area contributed by atoms with Gasteiger partial charge >= 0.3 is 5.97 Å². The van der Waals surface area contributed by atoms with Crippen molar-refractivity contribution in [2.24, 2.45) is 5.41 Å². The molecule has 0 bridgehead atoms. The van der Waals surface area contributed by atoms with E-state index in [9.17, 15) is 9.90 Å². The molecule has 1 aliphatic rings. The van der Waals surface area contributed by atoms with E-state index >= 15 is 0 Å². The number of thiazole rings is 1. The molecule has 1 aromatic rings. The molecule has 0 aliphatic carbocycles. The maximum absolute atomic E-state index is 11.2. The van der Waals surface area contributed by atoms with E-state index in [0.29, 0.717) is 6.54 Å². The van der Waals surface area contributed by atoms with Crippen molar-refractivity contribution >= 4 is 17.3 Å². The third-order valence-electron chi connectivity index (χ3n) is 3.44. The van der Waals surface area contributed by atoms with Gasteiger partial charge in [0.25, 0.3) is 0 Å². The molecule has 1 unspecified atom stereocenters. The van der Waals surface area contributed by atoms with Crippen molar-refractivity contribution < 1.29 is 9.90 Å². The second-order valence-corrected chi connectivity index (χ2v) is 6.36. The Morgan fingerprint density at radius 2 is 2.29 bits per heavy atom. The zero-order valence-electron chi connectivity index (χ0n) is 10.5. The molecule has 1 fully saturated rings. The number of carboxylic acid groups (broad SMARTS) is 1. The van der Waals surface area contributed by atoms with Crippen LogP contribution in [0.5, 0.6) is 0 Å².